The summed E-state index contributed by atoms with van der Waals surface area (Å²) in [5.74, 6) is 7.06. The fourth-order valence-electron chi connectivity index (χ4n) is 1.62. The molecule has 1 N–H and O–H groups in total. The van der Waals surface area contributed by atoms with E-state index in [1.807, 2.05) is 6.92 Å². The predicted octanol–water partition coefficient (Wildman–Crippen LogP) is 0.878. The SMILES string of the molecule is CC#CCN1CCO[C@H](CNCCSS)C1. The normalized spacial score (nSPS) is 21.5. The summed E-state index contributed by atoms with van der Waals surface area (Å²) in [6.45, 7) is 7.46. The highest BCUT2D eigenvalue weighted by Crippen LogP contribution is 2.04. The monoisotopic (exact) mass is 260 g/mol. The van der Waals surface area contributed by atoms with E-state index in [1.54, 1.807) is 10.8 Å². The molecule has 1 aliphatic rings. The third kappa shape index (κ3) is 6.02. The molecule has 0 aliphatic carbocycles. The lowest BCUT2D eigenvalue weighted by atomic mass is 10.2. The van der Waals surface area contributed by atoms with Crippen LogP contribution < -0.4 is 5.32 Å². The summed E-state index contributed by atoms with van der Waals surface area (Å²) < 4.78 is 5.69. The number of morpholine rings is 1. The van der Waals surface area contributed by atoms with Crippen molar-refractivity contribution in [2.45, 2.75) is 13.0 Å². The van der Waals surface area contributed by atoms with Gasteiger partial charge in [0.05, 0.1) is 19.3 Å². The van der Waals surface area contributed by atoms with Crippen LogP contribution >= 0.6 is 22.5 Å². The van der Waals surface area contributed by atoms with Gasteiger partial charge in [-0.3, -0.25) is 4.90 Å². The molecule has 5 heteroatoms. The third-order valence-corrected chi connectivity index (χ3v) is 3.38. The van der Waals surface area contributed by atoms with Crippen LogP contribution in [0.4, 0.5) is 0 Å². The van der Waals surface area contributed by atoms with Crippen molar-refractivity contribution in [1.82, 2.24) is 10.2 Å². The van der Waals surface area contributed by atoms with E-state index in [1.165, 1.54) is 0 Å². The number of thiol groups is 1. The lowest BCUT2D eigenvalue weighted by Crippen LogP contribution is -2.46. The largest absolute Gasteiger partial charge is 0.374 e. The van der Waals surface area contributed by atoms with Gasteiger partial charge in [0.25, 0.3) is 0 Å². The van der Waals surface area contributed by atoms with Crippen LogP contribution in [0.25, 0.3) is 0 Å². The molecule has 0 unspecified atom stereocenters. The Bertz CT molecular complexity index is 240. The molecule has 0 bridgehead atoms. The second kappa shape index (κ2) is 9.20. The first-order valence-corrected chi connectivity index (χ1v) is 7.61. The zero-order valence-corrected chi connectivity index (χ0v) is 11.4. The quantitative estimate of drug-likeness (QED) is 0.320. The fraction of sp³-hybridized carbons (Fsp3) is 0.818. The molecule has 0 spiro atoms. The number of hydrogen-bond acceptors (Lipinski definition) is 5. The van der Waals surface area contributed by atoms with E-state index in [0.717, 1.165) is 45.1 Å². The molecule has 1 aliphatic heterocycles. The standard InChI is InChI=1S/C11H20N2OS2/c1-2-3-5-13-6-7-14-11(10-13)9-12-4-8-16-15/h11-12,15H,4-10H2,1H3/t11-/m1/s1. The average molecular weight is 260 g/mol. The highest BCUT2D eigenvalue weighted by atomic mass is 33.1. The predicted molar refractivity (Wildman–Crippen MR) is 73.9 cm³/mol. The molecule has 0 saturated carbocycles. The highest BCUT2D eigenvalue weighted by molar-refractivity contribution is 8.68. The fourth-order valence-corrected chi connectivity index (χ4v) is 2.13. The number of nitrogens with zero attached hydrogens (tertiary/aromatic N) is 1. The molecular formula is C11H20N2OS2. The van der Waals surface area contributed by atoms with Crippen LogP contribution in [0.5, 0.6) is 0 Å². The van der Waals surface area contributed by atoms with Gasteiger partial charge in [0, 0.05) is 31.9 Å². The number of nitrogens with one attached hydrogen (secondary N) is 1. The van der Waals surface area contributed by atoms with Gasteiger partial charge >= 0.3 is 0 Å². The highest BCUT2D eigenvalue weighted by Gasteiger charge is 2.18. The van der Waals surface area contributed by atoms with Gasteiger partial charge in [-0.05, 0) is 6.92 Å². The molecule has 0 amide bonds. The topological polar surface area (TPSA) is 24.5 Å². The van der Waals surface area contributed by atoms with Crippen molar-refractivity contribution in [2.24, 2.45) is 0 Å². The molecule has 1 saturated heterocycles. The van der Waals surface area contributed by atoms with Crippen LogP contribution in [0.15, 0.2) is 0 Å². The second-order valence-electron chi connectivity index (χ2n) is 3.69. The summed E-state index contributed by atoms with van der Waals surface area (Å²) in [6.07, 6.45) is 0.303. The molecular weight excluding hydrogens is 240 g/mol. The van der Waals surface area contributed by atoms with E-state index in [4.69, 9.17) is 4.74 Å². The maximum Gasteiger partial charge on any atom is 0.0827 e. The van der Waals surface area contributed by atoms with Gasteiger partial charge in [-0.2, -0.15) is 0 Å². The van der Waals surface area contributed by atoms with Gasteiger partial charge in [0.1, 0.15) is 0 Å². The third-order valence-electron chi connectivity index (χ3n) is 2.44. The zero-order valence-electron chi connectivity index (χ0n) is 9.74. The molecule has 0 aromatic carbocycles. The maximum absolute atomic E-state index is 5.69. The van der Waals surface area contributed by atoms with Crippen LogP contribution in [-0.4, -0.2) is 56.1 Å². The van der Waals surface area contributed by atoms with Crippen molar-refractivity contribution in [1.29, 1.82) is 0 Å². The Kier molecular flexibility index (Phi) is 8.17. The van der Waals surface area contributed by atoms with Crippen molar-refractivity contribution >= 4 is 22.5 Å². The Morgan fingerprint density at radius 3 is 3.25 bits per heavy atom. The summed E-state index contributed by atoms with van der Waals surface area (Å²) in [5, 5.41) is 3.38. The Hall–Kier alpha value is 0.140. The minimum atomic E-state index is 0.303. The Balaban J connectivity index is 2.13. The van der Waals surface area contributed by atoms with Crippen LogP contribution in [0.3, 0.4) is 0 Å². The maximum atomic E-state index is 5.69. The smallest absolute Gasteiger partial charge is 0.0827 e. The van der Waals surface area contributed by atoms with Crippen LogP contribution in [0.2, 0.25) is 0 Å². The number of hydrogen-bond donors (Lipinski definition) is 2. The second-order valence-corrected chi connectivity index (χ2v) is 5.13. The summed E-state index contributed by atoms with van der Waals surface area (Å²) in [7, 11) is 1.56. The zero-order chi connectivity index (χ0) is 11.6. The molecule has 0 radical (unpaired) electrons. The number of rotatable bonds is 6. The van der Waals surface area contributed by atoms with E-state index in [2.05, 4.69) is 33.7 Å². The van der Waals surface area contributed by atoms with Crippen molar-refractivity contribution < 1.29 is 4.74 Å². The first-order valence-electron chi connectivity index (χ1n) is 5.57. The first-order chi connectivity index (χ1) is 7.86. The average Bonchev–Trinajstić information content (AvgIpc) is 2.33. The summed E-state index contributed by atoms with van der Waals surface area (Å²) in [6, 6.07) is 0. The van der Waals surface area contributed by atoms with Crippen molar-refractivity contribution in [3.8, 4) is 11.8 Å². The Morgan fingerprint density at radius 1 is 1.62 bits per heavy atom. The summed E-state index contributed by atoms with van der Waals surface area (Å²) >= 11 is 4.10. The van der Waals surface area contributed by atoms with E-state index in [9.17, 15) is 0 Å². The summed E-state index contributed by atoms with van der Waals surface area (Å²) in [4.78, 5) is 2.35. The molecule has 0 aromatic heterocycles. The van der Waals surface area contributed by atoms with Gasteiger partial charge in [0.15, 0.2) is 0 Å². The van der Waals surface area contributed by atoms with E-state index in [-0.39, 0.29) is 0 Å². The van der Waals surface area contributed by atoms with Crippen molar-refractivity contribution in [3.63, 3.8) is 0 Å². The lowest BCUT2D eigenvalue weighted by molar-refractivity contribution is -0.0222. The molecule has 0 aromatic rings. The molecule has 1 heterocycles. The molecule has 1 atom stereocenters. The lowest BCUT2D eigenvalue weighted by Gasteiger charge is -2.31. The van der Waals surface area contributed by atoms with E-state index in [0.29, 0.717) is 6.10 Å². The minimum absolute atomic E-state index is 0.303. The molecule has 16 heavy (non-hydrogen) atoms. The van der Waals surface area contributed by atoms with Gasteiger partial charge in [0.2, 0.25) is 0 Å². The van der Waals surface area contributed by atoms with Crippen LogP contribution in [0.1, 0.15) is 6.92 Å². The first kappa shape index (κ1) is 14.2. The molecule has 92 valence electrons. The van der Waals surface area contributed by atoms with E-state index < -0.39 is 0 Å². The van der Waals surface area contributed by atoms with Gasteiger partial charge < -0.3 is 10.1 Å². The van der Waals surface area contributed by atoms with Crippen LogP contribution in [-0.2, 0) is 4.74 Å². The van der Waals surface area contributed by atoms with Crippen LogP contribution in [0, 0.1) is 11.8 Å². The Morgan fingerprint density at radius 2 is 2.50 bits per heavy atom. The van der Waals surface area contributed by atoms with Gasteiger partial charge in [-0.15, -0.1) is 17.6 Å². The Labute approximate surface area is 107 Å². The van der Waals surface area contributed by atoms with Gasteiger partial charge in [-0.25, -0.2) is 0 Å². The molecule has 1 rings (SSSR count). The van der Waals surface area contributed by atoms with Gasteiger partial charge in [-0.1, -0.05) is 16.7 Å². The van der Waals surface area contributed by atoms with E-state index >= 15 is 0 Å². The minimum Gasteiger partial charge on any atom is -0.374 e. The summed E-state index contributed by atoms with van der Waals surface area (Å²) in [5.41, 5.74) is 0. The van der Waals surface area contributed by atoms with Crippen molar-refractivity contribution in [2.75, 3.05) is 45.1 Å². The number of ether oxygens (including phenoxy) is 1. The molecule has 1 fully saturated rings. The van der Waals surface area contributed by atoms with Crippen molar-refractivity contribution in [3.05, 3.63) is 0 Å². The molecule has 3 nitrogen and oxygen atoms in total.